The van der Waals surface area contributed by atoms with Gasteiger partial charge in [-0.25, -0.2) is 8.42 Å². The first kappa shape index (κ1) is 17.4. The van der Waals surface area contributed by atoms with Crippen LogP contribution in [0.5, 0.6) is 0 Å². The number of anilines is 1. The van der Waals surface area contributed by atoms with Crippen LogP contribution in [0.1, 0.15) is 18.4 Å². The molecule has 0 radical (unpaired) electrons. The van der Waals surface area contributed by atoms with Crippen LogP contribution in [0, 0.1) is 17.0 Å². The predicted octanol–water partition coefficient (Wildman–Crippen LogP) is 2.27. The Labute approximate surface area is 129 Å². The second kappa shape index (κ2) is 6.85. The van der Waals surface area contributed by atoms with Crippen LogP contribution in [-0.2, 0) is 14.8 Å². The average Bonchev–Trinajstić information content (AvgIpc) is 2.31. The largest absolute Gasteiger partial charge is 0.481 e. The van der Waals surface area contributed by atoms with E-state index in [1.54, 1.807) is 0 Å². The Hall–Kier alpha value is -1.68. The first-order chi connectivity index (χ1) is 9.62. The van der Waals surface area contributed by atoms with Crippen molar-refractivity contribution < 1.29 is 23.2 Å². The standard InChI is InChI=1S/C11H13BrN2O6S/c1-7-5-8(12)9(6-10(7)14(17)18)13-21(19,20)4-2-3-11(15)16/h5-6,13H,2-4H2,1H3,(H,15,16). The summed E-state index contributed by atoms with van der Waals surface area (Å²) in [6.45, 7) is 1.54. The summed E-state index contributed by atoms with van der Waals surface area (Å²) in [4.78, 5) is 20.6. The Bertz CT molecular complexity index is 674. The molecule has 0 aliphatic heterocycles. The molecular formula is C11H13BrN2O6S. The fourth-order valence-corrected chi connectivity index (χ4v) is 3.39. The highest BCUT2D eigenvalue weighted by Gasteiger charge is 2.18. The summed E-state index contributed by atoms with van der Waals surface area (Å²) >= 11 is 3.13. The number of halogens is 1. The Kier molecular flexibility index (Phi) is 5.67. The van der Waals surface area contributed by atoms with Crippen molar-refractivity contribution in [3.63, 3.8) is 0 Å². The molecule has 0 heterocycles. The van der Waals surface area contributed by atoms with E-state index in [2.05, 4.69) is 20.7 Å². The van der Waals surface area contributed by atoms with Gasteiger partial charge in [0.1, 0.15) is 0 Å². The maximum Gasteiger partial charge on any atom is 0.303 e. The third-order valence-corrected chi connectivity index (χ3v) is 4.56. The summed E-state index contributed by atoms with van der Waals surface area (Å²) in [7, 11) is -3.77. The zero-order chi connectivity index (χ0) is 16.2. The van der Waals surface area contributed by atoms with E-state index in [0.29, 0.717) is 10.0 Å². The first-order valence-electron chi connectivity index (χ1n) is 5.79. The number of nitro benzene ring substituents is 1. The van der Waals surface area contributed by atoms with Gasteiger partial charge in [0.2, 0.25) is 10.0 Å². The lowest BCUT2D eigenvalue weighted by Crippen LogP contribution is -2.18. The number of hydrogen-bond acceptors (Lipinski definition) is 5. The van der Waals surface area contributed by atoms with Gasteiger partial charge in [-0.2, -0.15) is 0 Å². The van der Waals surface area contributed by atoms with Crippen molar-refractivity contribution in [1.29, 1.82) is 0 Å². The Balaban J connectivity index is 2.94. The molecule has 116 valence electrons. The molecule has 0 fully saturated rings. The number of rotatable bonds is 7. The van der Waals surface area contributed by atoms with Crippen molar-refractivity contribution in [3.8, 4) is 0 Å². The van der Waals surface area contributed by atoms with Gasteiger partial charge in [0, 0.05) is 22.5 Å². The third-order valence-electron chi connectivity index (χ3n) is 2.55. The van der Waals surface area contributed by atoms with E-state index in [0.717, 1.165) is 6.07 Å². The molecule has 1 rings (SSSR count). The quantitative estimate of drug-likeness (QED) is 0.551. The van der Waals surface area contributed by atoms with E-state index in [4.69, 9.17) is 5.11 Å². The maximum atomic E-state index is 11.8. The van der Waals surface area contributed by atoms with Gasteiger partial charge < -0.3 is 5.11 Å². The van der Waals surface area contributed by atoms with Crippen LogP contribution in [-0.4, -0.2) is 30.2 Å². The van der Waals surface area contributed by atoms with E-state index in [-0.39, 0.29) is 30.0 Å². The monoisotopic (exact) mass is 380 g/mol. The minimum Gasteiger partial charge on any atom is -0.481 e. The normalized spacial score (nSPS) is 11.1. The molecule has 2 N–H and O–H groups in total. The van der Waals surface area contributed by atoms with E-state index >= 15 is 0 Å². The van der Waals surface area contributed by atoms with Crippen LogP contribution in [0.15, 0.2) is 16.6 Å². The number of carboxylic acid groups (broad SMARTS) is 1. The number of aryl methyl sites for hydroxylation is 1. The zero-order valence-corrected chi connectivity index (χ0v) is 13.4. The number of nitrogens with zero attached hydrogens (tertiary/aromatic N) is 1. The minimum absolute atomic E-state index is 0.0441. The van der Waals surface area contributed by atoms with Gasteiger partial charge in [0.25, 0.3) is 5.69 Å². The minimum atomic E-state index is -3.77. The fourth-order valence-electron chi connectivity index (χ4n) is 1.57. The van der Waals surface area contributed by atoms with Gasteiger partial charge in [0.15, 0.2) is 0 Å². The molecule has 0 atom stereocenters. The number of sulfonamides is 1. The van der Waals surface area contributed by atoms with E-state index in [1.807, 2.05) is 0 Å². The van der Waals surface area contributed by atoms with Crippen molar-refractivity contribution in [1.82, 2.24) is 0 Å². The SMILES string of the molecule is Cc1cc(Br)c(NS(=O)(=O)CCCC(=O)O)cc1[N+](=O)[O-]. The molecule has 10 heteroatoms. The van der Waals surface area contributed by atoms with Crippen LogP contribution < -0.4 is 4.72 Å². The topological polar surface area (TPSA) is 127 Å². The smallest absolute Gasteiger partial charge is 0.303 e. The highest BCUT2D eigenvalue weighted by atomic mass is 79.9. The molecule has 1 aromatic carbocycles. The molecule has 0 saturated heterocycles. The average molecular weight is 381 g/mol. The molecule has 0 aromatic heterocycles. The number of benzene rings is 1. The summed E-state index contributed by atoms with van der Waals surface area (Å²) in [5.41, 5.74) is 0.227. The van der Waals surface area contributed by atoms with Gasteiger partial charge in [-0.3, -0.25) is 19.6 Å². The molecule has 1 aromatic rings. The molecule has 0 saturated carbocycles. The summed E-state index contributed by atoms with van der Waals surface area (Å²) in [5, 5.41) is 19.3. The third kappa shape index (κ3) is 5.31. The molecule has 0 aliphatic carbocycles. The molecular weight excluding hydrogens is 368 g/mol. The predicted molar refractivity (Wildman–Crippen MR) is 79.8 cm³/mol. The molecule has 0 spiro atoms. The number of nitro groups is 1. The van der Waals surface area contributed by atoms with E-state index < -0.39 is 20.9 Å². The van der Waals surface area contributed by atoms with Gasteiger partial charge in [-0.15, -0.1) is 0 Å². The molecule has 8 nitrogen and oxygen atoms in total. The molecule has 0 amide bonds. The second-order valence-electron chi connectivity index (χ2n) is 4.29. The highest BCUT2D eigenvalue weighted by molar-refractivity contribution is 9.10. The summed E-state index contributed by atoms with van der Waals surface area (Å²) in [6.07, 6.45) is -0.313. The lowest BCUT2D eigenvalue weighted by atomic mass is 10.2. The first-order valence-corrected chi connectivity index (χ1v) is 8.24. The molecule has 0 aliphatic rings. The van der Waals surface area contributed by atoms with E-state index in [9.17, 15) is 23.3 Å². The summed E-state index contributed by atoms with van der Waals surface area (Å²) in [6, 6.07) is 2.56. The fraction of sp³-hybridized carbons (Fsp3) is 0.364. The lowest BCUT2D eigenvalue weighted by Gasteiger charge is -2.10. The number of hydrogen-bond donors (Lipinski definition) is 2. The molecule has 21 heavy (non-hydrogen) atoms. The van der Waals surface area contributed by atoms with Crippen LogP contribution in [0.2, 0.25) is 0 Å². The van der Waals surface area contributed by atoms with Crippen molar-refractivity contribution >= 4 is 43.3 Å². The van der Waals surface area contributed by atoms with Crippen LogP contribution in [0.3, 0.4) is 0 Å². The molecule has 0 bridgehead atoms. The number of carbonyl (C=O) groups is 1. The number of carboxylic acids is 1. The van der Waals surface area contributed by atoms with Crippen LogP contribution in [0.25, 0.3) is 0 Å². The van der Waals surface area contributed by atoms with Gasteiger partial charge in [-0.1, -0.05) is 0 Å². The molecule has 0 unspecified atom stereocenters. The van der Waals surface area contributed by atoms with Crippen molar-refractivity contribution in [2.24, 2.45) is 0 Å². The Morgan fingerprint density at radius 3 is 2.62 bits per heavy atom. The highest BCUT2D eigenvalue weighted by Crippen LogP contribution is 2.31. The van der Waals surface area contributed by atoms with Gasteiger partial charge >= 0.3 is 5.97 Å². The maximum absolute atomic E-state index is 11.8. The Morgan fingerprint density at radius 1 is 1.48 bits per heavy atom. The van der Waals surface area contributed by atoms with Crippen LogP contribution >= 0.6 is 15.9 Å². The van der Waals surface area contributed by atoms with Crippen molar-refractivity contribution in [2.45, 2.75) is 19.8 Å². The summed E-state index contributed by atoms with van der Waals surface area (Å²) in [5.74, 6) is -1.47. The number of nitrogens with one attached hydrogen (secondary N) is 1. The Morgan fingerprint density at radius 2 is 2.10 bits per heavy atom. The number of aliphatic carboxylic acids is 1. The van der Waals surface area contributed by atoms with Gasteiger partial charge in [0.05, 0.1) is 16.4 Å². The van der Waals surface area contributed by atoms with Crippen molar-refractivity contribution in [2.75, 3.05) is 10.5 Å². The second-order valence-corrected chi connectivity index (χ2v) is 6.99. The lowest BCUT2D eigenvalue weighted by molar-refractivity contribution is -0.385. The van der Waals surface area contributed by atoms with E-state index in [1.165, 1.54) is 13.0 Å². The van der Waals surface area contributed by atoms with Gasteiger partial charge in [-0.05, 0) is 35.3 Å². The van der Waals surface area contributed by atoms with Crippen molar-refractivity contribution in [3.05, 3.63) is 32.3 Å². The van der Waals surface area contributed by atoms with Crippen LogP contribution in [0.4, 0.5) is 11.4 Å². The summed E-state index contributed by atoms with van der Waals surface area (Å²) < 4.78 is 26.2. The zero-order valence-electron chi connectivity index (χ0n) is 11.0.